The van der Waals surface area contributed by atoms with Gasteiger partial charge in [0.1, 0.15) is 11.5 Å². The molecule has 2 heterocycles. The summed E-state index contributed by atoms with van der Waals surface area (Å²) in [5.41, 5.74) is 1.40. The number of carbonyl (C=O) groups excluding carboxylic acids is 1. The molecule has 2 aromatic rings. The Kier molecular flexibility index (Phi) is 12.3. The van der Waals surface area contributed by atoms with Gasteiger partial charge in [0.2, 0.25) is 15.9 Å². The predicted molar refractivity (Wildman–Crippen MR) is 174 cm³/mol. The maximum atomic E-state index is 13.2. The zero-order valence-electron chi connectivity index (χ0n) is 24.9. The van der Waals surface area contributed by atoms with E-state index in [4.69, 9.17) is 44.3 Å². The van der Waals surface area contributed by atoms with Gasteiger partial charge in [-0.05, 0) is 74.5 Å². The van der Waals surface area contributed by atoms with Gasteiger partial charge in [-0.1, -0.05) is 65.1 Å². The van der Waals surface area contributed by atoms with E-state index in [-0.39, 0.29) is 51.7 Å². The van der Waals surface area contributed by atoms with E-state index in [0.29, 0.717) is 30.8 Å². The van der Waals surface area contributed by atoms with Crippen molar-refractivity contribution in [3.05, 3.63) is 63.1 Å². The number of amides is 1. The van der Waals surface area contributed by atoms with Gasteiger partial charge in [0.05, 0.1) is 29.4 Å². The summed E-state index contributed by atoms with van der Waals surface area (Å²) >= 11 is 18.3. The van der Waals surface area contributed by atoms with Crippen LogP contribution >= 0.6 is 34.8 Å². The zero-order valence-corrected chi connectivity index (χ0v) is 28.0. The van der Waals surface area contributed by atoms with Crippen LogP contribution in [0.4, 0.5) is 0 Å². The molecule has 2 aliphatic heterocycles. The first-order valence-electron chi connectivity index (χ1n) is 15.6. The molecule has 12 heteroatoms. The number of hydrogen-bond acceptors (Lipinski definition) is 6. The lowest BCUT2D eigenvalue weighted by Crippen LogP contribution is -2.48. The third-order valence-corrected chi connectivity index (χ3v) is 12.2. The molecule has 44 heavy (non-hydrogen) atoms. The van der Waals surface area contributed by atoms with Gasteiger partial charge in [0.25, 0.3) is 0 Å². The van der Waals surface area contributed by atoms with Gasteiger partial charge in [0.15, 0.2) is 0 Å². The van der Waals surface area contributed by atoms with Crippen molar-refractivity contribution in [2.75, 3.05) is 52.5 Å². The van der Waals surface area contributed by atoms with Crippen molar-refractivity contribution in [2.24, 2.45) is 11.8 Å². The quantitative estimate of drug-likeness (QED) is 0.309. The highest BCUT2D eigenvalue weighted by Crippen LogP contribution is 2.36. The summed E-state index contributed by atoms with van der Waals surface area (Å²) in [7, 11) is -3.93. The first-order valence-corrected chi connectivity index (χ1v) is 18.2. The number of rotatable bonds is 12. The summed E-state index contributed by atoms with van der Waals surface area (Å²) in [4.78, 5) is 15.1. The third-order valence-electron chi connectivity index (χ3n) is 9.23. The molecule has 2 atom stereocenters. The highest BCUT2D eigenvalue weighted by molar-refractivity contribution is 7.89. The number of carbonyl (C=O) groups is 1. The van der Waals surface area contributed by atoms with Gasteiger partial charge >= 0.3 is 0 Å². The Hall–Kier alpha value is -1.43. The first kappa shape index (κ1) is 33.9. The molecule has 1 saturated carbocycles. The molecule has 0 radical (unpaired) electrons. The summed E-state index contributed by atoms with van der Waals surface area (Å²) in [6.07, 6.45) is 6.88. The lowest BCUT2D eigenvalue weighted by atomic mass is 9.76. The van der Waals surface area contributed by atoms with Crippen LogP contribution in [-0.4, -0.2) is 88.2 Å². The van der Waals surface area contributed by atoms with Gasteiger partial charge in [0, 0.05) is 43.8 Å². The Balaban J connectivity index is 1.04. The fraction of sp³-hybridized carbons (Fsp3) is 0.594. The molecule has 3 fully saturated rings. The maximum Gasteiger partial charge on any atom is 0.246 e. The van der Waals surface area contributed by atoms with Gasteiger partial charge in [-0.2, -0.15) is 4.31 Å². The summed E-state index contributed by atoms with van der Waals surface area (Å²) < 4.78 is 39.1. The number of hydrogen-bond donors (Lipinski definition) is 1. The molecule has 2 aromatic carbocycles. The van der Waals surface area contributed by atoms with Crippen molar-refractivity contribution < 1.29 is 22.7 Å². The predicted octanol–water partition coefficient (Wildman–Crippen LogP) is 5.68. The normalized spacial score (nSPS) is 24.3. The van der Waals surface area contributed by atoms with E-state index in [9.17, 15) is 13.2 Å². The number of ether oxygens (including phenoxy) is 2. The highest BCUT2D eigenvalue weighted by atomic mass is 35.5. The Morgan fingerprint density at radius 2 is 1.66 bits per heavy atom. The van der Waals surface area contributed by atoms with Crippen LogP contribution in [0.5, 0.6) is 0 Å². The second-order valence-corrected chi connectivity index (χ2v) is 15.2. The molecule has 0 aromatic heterocycles. The van der Waals surface area contributed by atoms with Crippen LogP contribution in [0.15, 0.2) is 47.4 Å². The number of nitrogens with zero attached hydrogens (tertiary/aromatic N) is 2. The fourth-order valence-corrected chi connectivity index (χ4v) is 9.80. The SMILES string of the molecule is O=C(COC1CCN(S(=O)(=O)c2c(Cl)cc(Cl)cc2Cl)C1)NCC1CCC(C(CCc2ccccc2)N2CCOCC2)CC1. The van der Waals surface area contributed by atoms with Crippen molar-refractivity contribution in [3.8, 4) is 0 Å². The molecule has 3 aliphatic rings. The largest absolute Gasteiger partial charge is 0.379 e. The number of benzene rings is 2. The molecule has 1 aliphatic carbocycles. The van der Waals surface area contributed by atoms with Crippen LogP contribution in [0.25, 0.3) is 0 Å². The number of nitrogens with one attached hydrogen (secondary N) is 1. The minimum Gasteiger partial charge on any atom is -0.379 e. The first-order chi connectivity index (χ1) is 21.2. The van der Waals surface area contributed by atoms with E-state index in [1.807, 2.05) is 0 Å². The van der Waals surface area contributed by atoms with Gasteiger partial charge in [-0.25, -0.2) is 8.42 Å². The number of morpholine rings is 1. The Labute approximate surface area is 276 Å². The van der Waals surface area contributed by atoms with Crippen LogP contribution in [-0.2, 0) is 30.7 Å². The molecule has 8 nitrogen and oxygen atoms in total. The van der Waals surface area contributed by atoms with E-state index < -0.39 is 10.0 Å². The van der Waals surface area contributed by atoms with E-state index in [2.05, 4.69) is 40.5 Å². The maximum absolute atomic E-state index is 13.2. The summed E-state index contributed by atoms with van der Waals surface area (Å²) in [6, 6.07) is 14.0. The van der Waals surface area contributed by atoms with Crippen LogP contribution in [0.1, 0.15) is 44.1 Å². The van der Waals surface area contributed by atoms with E-state index in [1.165, 1.54) is 34.8 Å². The minimum atomic E-state index is -3.93. The van der Waals surface area contributed by atoms with Crippen molar-refractivity contribution in [2.45, 2.75) is 62.0 Å². The van der Waals surface area contributed by atoms with E-state index in [0.717, 1.165) is 52.0 Å². The summed E-state index contributed by atoms with van der Waals surface area (Å²) in [6.45, 7) is 4.55. The average Bonchev–Trinajstić information content (AvgIpc) is 3.50. The van der Waals surface area contributed by atoms with E-state index >= 15 is 0 Å². The molecular formula is C32H42Cl3N3O5S. The molecule has 0 bridgehead atoms. The standard InChI is InChI=1S/C32H42Cl3N3O5S/c33-26-18-28(34)32(29(35)19-26)44(40,41)38-13-12-27(21-38)43-22-31(39)36-20-24-6-9-25(10-7-24)30(37-14-16-42-17-15-37)11-8-23-4-2-1-3-5-23/h1-5,18-19,24-25,27,30H,6-17,20-22H2,(H,36,39). The second kappa shape index (κ2) is 15.9. The van der Waals surface area contributed by atoms with Crippen LogP contribution in [0.2, 0.25) is 15.1 Å². The number of aryl methyl sites for hydroxylation is 1. The third kappa shape index (κ3) is 8.88. The van der Waals surface area contributed by atoms with Gasteiger partial charge in [-0.15, -0.1) is 0 Å². The Bertz CT molecular complexity index is 1330. The molecule has 2 unspecified atom stereocenters. The van der Waals surface area contributed by atoms with Crippen LogP contribution in [0.3, 0.4) is 0 Å². The van der Waals surface area contributed by atoms with Gasteiger partial charge in [-0.3, -0.25) is 9.69 Å². The monoisotopic (exact) mass is 685 g/mol. The van der Waals surface area contributed by atoms with Crippen LogP contribution in [0, 0.1) is 11.8 Å². The summed E-state index contributed by atoms with van der Waals surface area (Å²) in [5.74, 6) is 0.938. The highest BCUT2D eigenvalue weighted by Gasteiger charge is 2.36. The molecular weight excluding hydrogens is 645 g/mol. The smallest absolute Gasteiger partial charge is 0.246 e. The fourth-order valence-electron chi connectivity index (χ4n) is 6.82. The molecule has 242 valence electrons. The number of sulfonamides is 1. The Morgan fingerprint density at radius 1 is 0.977 bits per heavy atom. The van der Waals surface area contributed by atoms with Crippen molar-refractivity contribution >= 4 is 50.7 Å². The van der Waals surface area contributed by atoms with Crippen molar-refractivity contribution in [1.29, 1.82) is 0 Å². The summed E-state index contributed by atoms with van der Waals surface area (Å²) in [5, 5.41) is 3.26. The number of halogens is 3. The van der Waals surface area contributed by atoms with Crippen molar-refractivity contribution in [3.63, 3.8) is 0 Å². The lowest BCUT2D eigenvalue weighted by Gasteiger charge is -2.42. The van der Waals surface area contributed by atoms with Crippen molar-refractivity contribution in [1.82, 2.24) is 14.5 Å². The molecule has 1 amide bonds. The molecule has 5 rings (SSSR count). The minimum absolute atomic E-state index is 0.0240. The second-order valence-electron chi connectivity index (χ2n) is 12.1. The molecule has 0 spiro atoms. The molecule has 2 saturated heterocycles. The van der Waals surface area contributed by atoms with Gasteiger partial charge < -0.3 is 14.8 Å². The molecule has 1 N–H and O–H groups in total. The Morgan fingerprint density at radius 3 is 2.34 bits per heavy atom. The average molecular weight is 687 g/mol. The lowest BCUT2D eigenvalue weighted by molar-refractivity contribution is -0.127. The topological polar surface area (TPSA) is 88.2 Å². The van der Waals surface area contributed by atoms with Crippen LogP contribution < -0.4 is 5.32 Å². The zero-order chi connectivity index (χ0) is 31.1. The van der Waals surface area contributed by atoms with E-state index in [1.54, 1.807) is 0 Å².